The minimum atomic E-state index is 0.0704. The van der Waals surface area contributed by atoms with E-state index in [1.54, 1.807) is 12.4 Å². The van der Waals surface area contributed by atoms with E-state index >= 15 is 0 Å². The normalized spacial score (nSPS) is 12.9. The number of fused-ring (bicyclic) bond motifs is 1. The third kappa shape index (κ3) is 2.11. The first-order valence-electron chi connectivity index (χ1n) is 4.82. The van der Waals surface area contributed by atoms with Gasteiger partial charge in [0.15, 0.2) is 11.5 Å². The van der Waals surface area contributed by atoms with Gasteiger partial charge in [-0.25, -0.2) is 15.8 Å². The maximum absolute atomic E-state index is 9.03. The van der Waals surface area contributed by atoms with Gasteiger partial charge in [0, 0.05) is 17.6 Å². The molecule has 2 aromatic rings. The molecule has 0 amide bonds. The van der Waals surface area contributed by atoms with Crippen LogP contribution in [0.5, 0.6) is 0 Å². The van der Waals surface area contributed by atoms with Crippen LogP contribution < -0.4 is 11.3 Å². The maximum atomic E-state index is 9.03. The first kappa shape index (κ1) is 11.2. The van der Waals surface area contributed by atoms with Crippen LogP contribution >= 0.6 is 11.8 Å². The number of hydrogen-bond donors (Lipinski definition) is 3. The standard InChI is InChI=1S/C9H13N5OS/c1-6(5-15)16-9-8-11-2-3-14(8)4-7(12-9)13-10/h2-4,6,13,15H,5,10H2,1H3. The molecule has 0 bridgehead atoms. The number of hydrazine groups is 1. The van der Waals surface area contributed by atoms with Crippen molar-refractivity contribution in [1.29, 1.82) is 0 Å². The fourth-order valence-electron chi connectivity index (χ4n) is 1.28. The van der Waals surface area contributed by atoms with Gasteiger partial charge in [0.05, 0.1) is 12.8 Å². The van der Waals surface area contributed by atoms with Gasteiger partial charge in [0.25, 0.3) is 0 Å². The molecule has 16 heavy (non-hydrogen) atoms. The van der Waals surface area contributed by atoms with E-state index < -0.39 is 0 Å². The number of nitrogens with one attached hydrogen (secondary N) is 1. The summed E-state index contributed by atoms with van der Waals surface area (Å²) in [5, 5.41) is 9.85. The molecule has 0 fully saturated rings. The molecule has 4 N–H and O–H groups in total. The Bertz CT molecular complexity index is 486. The van der Waals surface area contributed by atoms with Crippen LogP contribution in [0.2, 0.25) is 0 Å². The third-order valence-corrected chi connectivity index (χ3v) is 3.11. The molecular formula is C9H13N5OS. The van der Waals surface area contributed by atoms with Crippen LogP contribution in [0.4, 0.5) is 5.82 Å². The van der Waals surface area contributed by atoms with Gasteiger partial charge in [-0.05, 0) is 0 Å². The summed E-state index contributed by atoms with van der Waals surface area (Å²) in [6, 6.07) is 0. The molecule has 86 valence electrons. The zero-order chi connectivity index (χ0) is 11.5. The number of rotatable bonds is 4. The summed E-state index contributed by atoms with van der Waals surface area (Å²) in [7, 11) is 0. The van der Waals surface area contributed by atoms with E-state index in [0.717, 1.165) is 10.7 Å². The third-order valence-electron chi connectivity index (χ3n) is 2.06. The van der Waals surface area contributed by atoms with Crippen molar-refractivity contribution in [3.05, 3.63) is 18.6 Å². The highest BCUT2D eigenvalue weighted by Crippen LogP contribution is 2.25. The van der Waals surface area contributed by atoms with Gasteiger partial charge in [-0.15, -0.1) is 0 Å². The highest BCUT2D eigenvalue weighted by molar-refractivity contribution is 8.00. The summed E-state index contributed by atoms with van der Waals surface area (Å²) in [6.45, 7) is 2.02. The number of aromatic nitrogens is 3. The van der Waals surface area contributed by atoms with E-state index in [-0.39, 0.29) is 11.9 Å². The first-order valence-corrected chi connectivity index (χ1v) is 5.70. The fourth-order valence-corrected chi connectivity index (χ4v) is 2.15. The number of hydrogen-bond acceptors (Lipinski definition) is 6. The van der Waals surface area contributed by atoms with Gasteiger partial charge >= 0.3 is 0 Å². The second-order valence-electron chi connectivity index (χ2n) is 3.34. The zero-order valence-corrected chi connectivity index (χ0v) is 9.61. The molecule has 0 aliphatic heterocycles. The van der Waals surface area contributed by atoms with Crippen molar-refractivity contribution in [2.24, 2.45) is 5.84 Å². The molecule has 0 aliphatic rings. The average molecular weight is 239 g/mol. The van der Waals surface area contributed by atoms with E-state index in [2.05, 4.69) is 15.4 Å². The van der Waals surface area contributed by atoms with Crippen molar-refractivity contribution in [1.82, 2.24) is 14.4 Å². The molecule has 1 atom stereocenters. The molecule has 1 unspecified atom stereocenters. The van der Waals surface area contributed by atoms with Crippen molar-refractivity contribution < 1.29 is 5.11 Å². The Morgan fingerprint density at radius 1 is 1.69 bits per heavy atom. The summed E-state index contributed by atoms with van der Waals surface area (Å²) in [4.78, 5) is 8.52. The van der Waals surface area contributed by atoms with Gasteiger partial charge in [0.1, 0.15) is 5.03 Å². The van der Waals surface area contributed by atoms with Gasteiger partial charge in [-0.3, -0.25) is 0 Å². The van der Waals surface area contributed by atoms with Crippen LogP contribution in [0.15, 0.2) is 23.6 Å². The van der Waals surface area contributed by atoms with Crippen LogP contribution in [0.3, 0.4) is 0 Å². The quantitative estimate of drug-likeness (QED) is 0.409. The molecule has 6 nitrogen and oxygen atoms in total. The fraction of sp³-hybridized carbons (Fsp3) is 0.333. The minimum Gasteiger partial charge on any atom is -0.395 e. The number of nitrogens with zero attached hydrogens (tertiary/aromatic N) is 3. The molecule has 7 heteroatoms. The predicted octanol–water partition coefficient (Wildman–Crippen LogP) is 0.488. The highest BCUT2D eigenvalue weighted by atomic mass is 32.2. The number of nitrogens with two attached hydrogens (primary N) is 1. The van der Waals surface area contributed by atoms with E-state index in [0.29, 0.717) is 5.82 Å². The second kappa shape index (κ2) is 4.69. The lowest BCUT2D eigenvalue weighted by Gasteiger charge is -2.09. The summed E-state index contributed by atoms with van der Waals surface area (Å²) < 4.78 is 1.84. The van der Waals surface area contributed by atoms with E-state index in [1.807, 2.05) is 17.5 Å². The lowest BCUT2D eigenvalue weighted by atomic mass is 10.5. The minimum absolute atomic E-state index is 0.0704. The Labute approximate surface area is 96.9 Å². The molecule has 0 aromatic carbocycles. The number of thioether (sulfide) groups is 1. The van der Waals surface area contributed by atoms with E-state index in [4.69, 9.17) is 10.9 Å². The van der Waals surface area contributed by atoms with Crippen molar-refractivity contribution >= 4 is 23.2 Å². The van der Waals surface area contributed by atoms with Crippen LogP contribution in [0, 0.1) is 0 Å². The van der Waals surface area contributed by atoms with Crippen LogP contribution in [0.1, 0.15) is 6.92 Å². The Balaban J connectivity index is 2.44. The smallest absolute Gasteiger partial charge is 0.169 e. The number of nitrogen functional groups attached to an aromatic ring is 1. The van der Waals surface area contributed by atoms with Crippen LogP contribution in [0.25, 0.3) is 5.65 Å². The van der Waals surface area contributed by atoms with Crippen LogP contribution in [-0.4, -0.2) is 31.3 Å². The lowest BCUT2D eigenvalue weighted by molar-refractivity contribution is 0.300. The molecule has 2 heterocycles. The summed E-state index contributed by atoms with van der Waals surface area (Å²) in [5.74, 6) is 5.90. The lowest BCUT2D eigenvalue weighted by Crippen LogP contribution is -2.11. The molecular weight excluding hydrogens is 226 g/mol. The molecule has 2 rings (SSSR count). The van der Waals surface area contributed by atoms with Crippen molar-refractivity contribution in [2.75, 3.05) is 12.0 Å². The molecule has 2 aromatic heterocycles. The molecule has 0 saturated carbocycles. The van der Waals surface area contributed by atoms with Gasteiger partial charge in [0.2, 0.25) is 0 Å². The largest absolute Gasteiger partial charge is 0.395 e. The van der Waals surface area contributed by atoms with Crippen molar-refractivity contribution in [2.45, 2.75) is 17.2 Å². The van der Waals surface area contributed by atoms with E-state index in [9.17, 15) is 0 Å². The number of aliphatic hydroxyl groups is 1. The second-order valence-corrected chi connectivity index (χ2v) is 4.77. The Morgan fingerprint density at radius 3 is 3.19 bits per heavy atom. The molecule has 0 spiro atoms. The van der Waals surface area contributed by atoms with Crippen molar-refractivity contribution in [3.63, 3.8) is 0 Å². The van der Waals surface area contributed by atoms with Gasteiger partial charge in [-0.2, -0.15) is 0 Å². The molecule has 0 aliphatic carbocycles. The summed E-state index contributed by atoms with van der Waals surface area (Å²) >= 11 is 1.47. The summed E-state index contributed by atoms with van der Waals surface area (Å²) in [6.07, 6.45) is 5.28. The predicted molar refractivity (Wildman–Crippen MR) is 63.2 cm³/mol. The Kier molecular flexibility index (Phi) is 3.28. The molecule has 0 saturated heterocycles. The Hall–Kier alpha value is -1.31. The van der Waals surface area contributed by atoms with Gasteiger partial charge in [-0.1, -0.05) is 18.7 Å². The number of anilines is 1. The van der Waals surface area contributed by atoms with Crippen molar-refractivity contribution in [3.8, 4) is 0 Å². The zero-order valence-electron chi connectivity index (χ0n) is 8.79. The monoisotopic (exact) mass is 239 g/mol. The Morgan fingerprint density at radius 2 is 2.50 bits per heavy atom. The number of imidazole rings is 1. The van der Waals surface area contributed by atoms with E-state index in [1.165, 1.54) is 11.8 Å². The van der Waals surface area contributed by atoms with Crippen LogP contribution in [-0.2, 0) is 0 Å². The maximum Gasteiger partial charge on any atom is 0.169 e. The first-order chi connectivity index (χ1) is 7.74. The van der Waals surface area contributed by atoms with Gasteiger partial charge < -0.3 is 14.9 Å². The highest BCUT2D eigenvalue weighted by Gasteiger charge is 2.11. The summed E-state index contributed by atoms with van der Waals surface area (Å²) in [5.41, 5.74) is 3.27. The number of aliphatic hydroxyl groups excluding tert-OH is 1. The average Bonchev–Trinajstić information content (AvgIpc) is 2.76. The topological polar surface area (TPSA) is 88.5 Å². The molecule has 0 radical (unpaired) electrons. The SMILES string of the molecule is CC(CO)Sc1nc(NN)cn2ccnc12.